The largest absolute Gasteiger partial charge is 0.497 e. The highest BCUT2D eigenvalue weighted by molar-refractivity contribution is 5.92. The molecule has 0 saturated carbocycles. The van der Waals surface area contributed by atoms with Crippen LogP contribution in [0.25, 0.3) is 0 Å². The predicted molar refractivity (Wildman–Crippen MR) is 76.0 cm³/mol. The third-order valence-electron chi connectivity index (χ3n) is 2.66. The van der Waals surface area contributed by atoms with Crippen LogP contribution in [0, 0.1) is 5.92 Å². The van der Waals surface area contributed by atoms with Crippen LogP contribution in [-0.4, -0.2) is 30.3 Å². The van der Waals surface area contributed by atoms with Crippen molar-refractivity contribution in [3.63, 3.8) is 0 Å². The number of carboxylic acid groups (broad SMARTS) is 1. The van der Waals surface area contributed by atoms with Crippen LogP contribution in [0.5, 0.6) is 5.75 Å². The third-order valence-corrected chi connectivity index (χ3v) is 2.66. The Bertz CT molecular complexity index is 457. The van der Waals surface area contributed by atoms with Gasteiger partial charge in [0.25, 0.3) is 0 Å². The molecule has 0 spiro atoms. The molecule has 0 aromatic heterocycles. The van der Waals surface area contributed by atoms with Crippen LogP contribution in [0.4, 0.5) is 10.5 Å². The molecule has 20 heavy (non-hydrogen) atoms. The number of hydrogen-bond acceptors (Lipinski definition) is 3. The number of anilines is 1. The molecular weight excluding hydrogens is 260 g/mol. The molecule has 1 atom stereocenters. The van der Waals surface area contributed by atoms with E-state index in [1.165, 1.54) is 0 Å². The number of urea groups is 1. The first-order valence-corrected chi connectivity index (χ1v) is 6.36. The molecule has 6 heteroatoms. The van der Waals surface area contributed by atoms with Crippen molar-refractivity contribution in [2.75, 3.05) is 12.4 Å². The van der Waals surface area contributed by atoms with E-state index >= 15 is 0 Å². The lowest BCUT2D eigenvalue weighted by molar-refractivity contribution is -0.139. The van der Waals surface area contributed by atoms with Gasteiger partial charge in [-0.2, -0.15) is 0 Å². The van der Waals surface area contributed by atoms with Gasteiger partial charge in [0.2, 0.25) is 0 Å². The minimum absolute atomic E-state index is 0.178. The molecule has 0 aliphatic heterocycles. The van der Waals surface area contributed by atoms with Gasteiger partial charge in [-0.05, 0) is 36.6 Å². The van der Waals surface area contributed by atoms with Crippen molar-refractivity contribution >= 4 is 17.7 Å². The van der Waals surface area contributed by atoms with Crippen LogP contribution >= 0.6 is 0 Å². The topological polar surface area (TPSA) is 87.7 Å². The lowest BCUT2D eigenvalue weighted by Gasteiger charge is -2.17. The summed E-state index contributed by atoms with van der Waals surface area (Å²) in [5.74, 6) is -0.180. The number of hydrogen-bond donors (Lipinski definition) is 3. The van der Waals surface area contributed by atoms with Gasteiger partial charge in [0.15, 0.2) is 0 Å². The molecule has 1 aromatic carbocycles. The maximum absolute atomic E-state index is 11.7. The number of nitrogens with one attached hydrogen (secondary N) is 2. The van der Waals surface area contributed by atoms with E-state index in [0.29, 0.717) is 17.9 Å². The van der Waals surface area contributed by atoms with Gasteiger partial charge in [-0.25, -0.2) is 9.59 Å². The summed E-state index contributed by atoms with van der Waals surface area (Å²) in [7, 11) is 1.55. The van der Waals surface area contributed by atoms with E-state index in [4.69, 9.17) is 9.84 Å². The van der Waals surface area contributed by atoms with Crippen molar-refractivity contribution in [2.24, 2.45) is 5.92 Å². The van der Waals surface area contributed by atoms with E-state index in [9.17, 15) is 9.59 Å². The highest BCUT2D eigenvalue weighted by Crippen LogP contribution is 2.15. The van der Waals surface area contributed by atoms with E-state index in [0.717, 1.165) is 0 Å². The molecule has 3 N–H and O–H groups in total. The summed E-state index contributed by atoms with van der Waals surface area (Å²) < 4.78 is 5.01. The molecule has 0 heterocycles. The fourth-order valence-corrected chi connectivity index (χ4v) is 1.69. The normalized spacial score (nSPS) is 11.8. The average molecular weight is 280 g/mol. The number of aliphatic carboxylic acids is 1. The number of amides is 2. The van der Waals surface area contributed by atoms with Gasteiger partial charge in [-0.15, -0.1) is 0 Å². The molecular formula is C14H20N2O4. The zero-order valence-corrected chi connectivity index (χ0v) is 11.8. The molecule has 1 unspecified atom stereocenters. The number of rotatable bonds is 6. The Labute approximate surface area is 118 Å². The number of carbonyl (C=O) groups is 2. The number of ether oxygens (including phenoxy) is 1. The van der Waals surface area contributed by atoms with E-state index in [1.54, 1.807) is 31.4 Å². The lowest BCUT2D eigenvalue weighted by Crippen LogP contribution is -2.43. The summed E-state index contributed by atoms with van der Waals surface area (Å²) in [4.78, 5) is 22.8. The molecule has 6 nitrogen and oxygen atoms in total. The second-order valence-electron chi connectivity index (χ2n) is 4.85. The monoisotopic (exact) mass is 280 g/mol. The predicted octanol–water partition coefficient (Wildman–Crippen LogP) is 2.32. The van der Waals surface area contributed by atoms with Crippen molar-refractivity contribution in [2.45, 2.75) is 26.3 Å². The fourth-order valence-electron chi connectivity index (χ4n) is 1.69. The Morgan fingerprint density at radius 2 is 1.85 bits per heavy atom. The molecule has 0 radical (unpaired) electrons. The molecule has 0 aliphatic carbocycles. The molecule has 0 aliphatic rings. The summed E-state index contributed by atoms with van der Waals surface area (Å²) in [6.45, 7) is 3.80. The average Bonchev–Trinajstić information content (AvgIpc) is 2.38. The second kappa shape index (κ2) is 7.37. The van der Waals surface area contributed by atoms with Crippen LogP contribution in [0.1, 0.15) is 20.3 Å². The van der Waals surface area contributed by atoms with E-state index in [-0.39, 0.29) is 5.92 Å². The maximum atomic E-state index is 11.7. The van der Waals surface area contributed by atoms with Gasteiger partial charge in [-0.3, -0.25) is 0 Å². The maximum Gasteiger partial charge on any atom is 0.326 e. The van der Waals surface area contributed by atoms with Crippen LogP contribution in [0.3, 0.4) is 0 Å². The van der Waals surface area contributed by atoms with E-state index < -0.39 is 18.0 Å². The first kappa shape index (κ1) is 15.8. The van der Waals surface area contributed by atoms with E-state index in [2.05, 4.69) is 10.6 Å². The minimum atomic E-state index is -1.04. The second-order valence-corrected chi connectivity index (χ2v) is 4.85. The van der Waals surface area contributed by atoms with Gasteiger partial charge in [0, 0.05) is 5.69 Å². The summed E-state index contributed by atoms with van der Waals surface area (Å²) >= 11 is 0. The van der Waals surface area contributed by atoms with Crippen LogP contribution < -0.4 is 15.4 Å². The van der Waals surface area contributed by atoms with Crippen molar-refractivity contribution < 1.29 is 19.4 Å². The number of carboxylic acids is 1. The van der Waals surface area contributed by atoms with Crippen LogP contribution in [-0.2, 0) is 4.79 Å². The smallest absolute Gasteiger partial charge is 0.326 e. The lowest BCUT2D eigenvalue weighted by atomic mass is 10.0. The molecule has 0 bridgehead atoms. The molecule has 2 amide bonds. The summed E-state index contributed by atoms with van der Waals surface area (Å²) in [6.07, 6.45) is 0.380. The third kappa shape index (κ3) is 5.17. The van der Waals surface area contributed by atoms with Crippen molar-refractivity contribution in [1.82, 2.24) is 5.32 Å². The van der Waals surface area contributed by atoms with Crippen LogP contribution in [0.2, 0.25) is 0 Å². The van der Waals surface area contributed by atoms with Gasteiger partial charge in [0.05, 0.1) is 7.11 Å². The molecule has 110 valence electrons. The SMILES string of the molecule is COc1ccc(NC(=O)NC(CC(C)C)C(=O)O)cc1. The standard InChI is InChI=1S/C14H20N2O4/c1-9(2)8-12(13(17)18)16-14(19)15-10-4-6-11(20-3)7-5-10/h4-7,9,12H,8H2,1-3H3,(H,17,18)(H2,15,16,19). The zero-order valence-electron chi connectivity index (χ0n) is 11.8. The quantitative estimate of drug-likeness (QED) is 0.746. The minimum Gasteiger partial charge on any atom is -0.497 e. The molecule has 0 fully saturated rings. The Morgan fingerprint density at radius 1 is 1.25 bits per heavy atom. The van der Waals surface area contributed by atoms with Crippen molar-refractivity contribution in [3.05, 3.63) is 24.3 Å². The molecule has 0 saturated heterocycles. The molecule has 1 rings (SSSR count). The summed E-state index contributed by atoms with van der Waals surface area (Å²) in [5.41, 5.74) is 0.567. The Balaban J connectivity index is 2.58. The number of carbonyl (C=O) groups excluding carboxylic acids is 1. The Morgan fingerprint density at radius 3 is 2.30 bits per heavy atom. The highest BCUT2D eigenvalue weighted by atomic mass is 16.5. The van der Waals surface area contributed by atoms with Gasteiger partial charge < -0.3 is 20.5 Å². The van der Waals surface area contributed by atoms with Crippen LogP contribution in [0.15, 0.2) is 24.3 Å². The van der Waals surface area contributed by atoms with Gasteiger partial charge >= 0.3 is 12.0 Å². The fraction of sp³-hybridized carbons (Fsp3) is 0.429. The van der Waals surface area contributed by atoms with Gasteiger partial charge in [0.1, 0.15) is 11.8 Å². The Hall–Kier alpha value is -2.24. The first-order chi connectivity index (χ1) is 9.42. The highest BCUT2D eigenvalue weighted by Gasteiger charge is 2.20. The van der Waals surface area contributed by atoms with E-state index in [1.807, 2.05) is 13.8 Å². The first-order valence-electron chi connectivity index (χ1n) is 6.36. The zero-order chi connectivity index (χ0) is 15.1. The van der Waals surface area contributed by atoms with Crippen molar-refractivity contribution in [3.8, 4) is 5.75 Å². The summed E-state index contributed by atoms with van der Waals surface area (Å²) in [5, 5.41) is 14.1. The molecule has 1 aromatic rings. The Kier molecular flexibility index (Phi) is 5.83. The number of methoxy groups -OCH3 is 1. The van der Waals surface area contributed by atoms with Crippen molar-refractivity contribution in [1.29, 1.82) is 0 Å². The summed E-state index contributed by atoms with van der Waals surface area (Å²) in [6, 6.07) is 5.33. The number of benzene rings is 1. The van der Waals surface area contributed by atoms with Gasteiger partial charge in [-0.1, -0.05) is 13.8 Å².